The van der Waals surface area contributed by atoms with Gasteiger partial charge in [-0.3, -0.25) is 0 Å². The molecule has 24 heteroatoms. The Kier molecular flexibility index (Phi) is 14.3. The van der Waals surface area contributed by atoms with Crippen LogP contribution in [0.15, 0.2) is 36.4 Å². The average molecular weight is 999 g/mol. The molecule has 0 amide bonds. The third-order valence-electron chi connectivity index (χ3n) is 9.42. The summed E-state index contributed by atoms with van der Waals surface area (Å²) in [5, 5.41) is -9.78. The van der Waals surface area contributed by atoms with Crippen LogP contribution in [0.2, 0.25) is 0 Å². The van der Waals surface area contributed by atoms with Crippen molar-refractivity contribution in [2.75, 3.05) is 0 Å². The van der Waals surface area contributed by atoms with Gasteiger partial charge in [0.15, 0.2) is 93.1 Å². The van der Waals surface area contributed by atoms with E-state index < -0.39 is 177 Å². The zero-order valence-electron chi connectivity index (χ0n) is 32.9. The Labute approximate surface area is 360 Å². The quantitative estimate of drug-likeness (QED) is 0.0557. The summed E-state index contributed by atoms with van der Waals surface area (Å²) in [6, 6.07) is 6.45. The number of benzene rings is 6. The lowest BCUT2D eigenvalue weighted by molar-refractivity contribution is 0.0740. The second-order valence-electron chi connectivity index (χ2n) is 14.2. The van der Waals surface area contributed by atoms with Crippen molar-refractivity contribution in [3.63, 3.8) is 0 Å². The molecule has 0 bridgehead atoms. The van der Waals surface area contributed by atoms with E-state index in [4.69, 9.17) is 9.05 Å². The van der Waals surface area contributed by atoms with E-state index in [-0.39, 0.29) is 22.3 Å². The van der Waals surface area contributed by atoms with Crippen LogP contribution >= 0.6 is 16.3 Å². The van der Waals surface area contributed by atoms with Crippen molar-refractivity contribution >= 4 is 37.5 Å². The second-order valence-corrected chi connectivity index (χ2v) is 17.5. The fraction of sp³-hybridized carbons (Fsp3) is 0.143. The van der Waals surface area contributed by atoms with Crippen molar-refractivity contribution < 1.29 is 96.9 Å². The predicted molar refractivity (Wildman–Crippen MR) is 197 cm³/mol. The van der Waals surface area contributed by atoms with Crippen LogP contribution in [0.25, 0.3) is 0 Å². The van der Waals surface area contributed by atoms with E-state index in [2.05, 4.69) is 0 Å². The number of rotatable bonds is 11. The minimum Gasteiger partial charge on any atom is -0.338 e. The normalized spacial score (nSPS) is 12.8. The molecule has 2 atom stereocenters. The van der Waals surface area contributed by atoms with Crippen LogP contribution in [0.5, 0.6) is 0 Å². The van der Waals surface area contributed by atoms with Gasteiger partial charge in [-0.1, -0.05) is 58.7 Å². The zero-order valence-corrected chi connectivity index (χ0v) is 34.7. The van der Waals surface area contributed by atoms with Gasteiger partial charge in [0.05, 0.1) is 21.2 Å². The van der Waals surface area contributed by atoms with Crippen molar-refractivity contribution in [1.82, 2.24) is 0 Å². The van der Waals surface area contributed by atoms with Gasteiger partial charge >= 0.3 is 0 Å². The zero-order chi connectivity index (χ0) is 49.3. The van der Waals surface area contributed by atoms with Crippen molar-refractivity contribution in [2.24, 2.45) is 0 Å². The molecule has 66 heavy (non-hydrogen) atoms. The fourth-order valence-electron chi connectivity index (χ4n) is 6.68. The first-order valence-corrected chi connectivity index (χ1v) is 20.4. The summed E-state index contributed by atoms with van der Waals surface area (Å²) in [7, 11) is -9.67. The van der Waals surface area contributed by atoms with E-state index in [0.717, 1.165) is 24.3 Å². The summed E-state index contributed by atoms with van der Waals surface area (Å²) in [6.07, 6.45) is -5.65. The Hall–Kier alpha value is -5.30. The van der Waals surface area contributed by atoms with Gasteiger partial charge in [-0.05, 0) is 38.8 Å². The highest BCUT2D eigenvalue weighted by molar-refractivity contribution is 7.69. The lowest BCUT2D eigenvalue weighted by Crippen LogP contribution is -2.33. The Bertz CT molecular complexity index is 2490. The van der Waals surface area contributed by atoms with Crippen LogP contribution in [0.1, 0.15) is 45.6 Å². The molecule has 0 saturated heterocycles. The highest BCUT2D eigenvalue weighted by Crippen LogP contribution is 2.55. The minimum atomic E-state index is -4.83. The Morgan fingerprint density at radius 3 is 0.576 bits per heavy atom. The van der Waals surface area contributed by atoms with Gasteiger partial charge in [0.2, 0.25) is 23.3 Å². The minimum absolute atomic E-state index is 0.0661. The van der Waals surface area contributed by atoms with Gasteiger partial charge in [0.25, 0.3) is 0 Å². The monoisotopic (exact) mass is 998 g/mol. The molecule has 2 nitrogen and oxygen atoms in total. The molecule has 0 aliphatic heterocycles. The van der Waals surface area contributed by atoms with E-state index in [1.165, 1.54) is 39.8 Å². The van der Waals surface area contributed by atoms with Gasteiger partial charge in [0, 0.05) is 0 Å². The Balaban J connectivity index is 1.82. The largest absolute Gasteiger partial charge is 0.338 e. The highest BCUT2D eigenvalue weighted by Gasteiger charge is 2.45. The summed E-state index contributed by atoms with van der Waals surface area (Å²) in [4.78, 5) is 0. The molecule has 0 heterocycles. The molecule has 0 radical (unpaired) electrons. The standard InChI is InChI=1S/C42H20F20O2P2/c1-11-5-12(2)8-15(7-11)37(63-65(39-29(55)21(47)17(43)22(48)30(39)56)40-31(57)23(49)18(44)24(50)32(40)58)38(16-9-13(3)6-14(4)10-16)64-66(41-33(59)25(51)19(45)26(52)34(41)60)42-35(61)27(53)20(46)28(54)36(42)62/h5-10,37-38H,1-4H3/t37-,38-/m1/s1. The van der Waals surface area contributed by atoms with Gasteiger partial charge in [-0.2, -0.15) is 0 Å². The van der Waals surface area contributed by atoms with Gasteiger partial charge in [-0.15, -0.1) is 0 Å². The number of aryl methyl sites for hydroxylation is 4. The smallest absolute Gasteiger partial charge is 0.200 e. The molecule has 6 rings (SSSR count). The SMILES string of the molecule is Cc1cc(C)cc([C@@H](OP(c2c(F)c(F)c(F)c(F)c2F)c2c(F)c(F)c(F)c(F)c2F)[C@H](OP(c2c(F)c(F)c(F)c(F)c2F)c2c(F)c(F)c(F)c(F)c2F)c2cc(C)cc(C)c2)c1. The topological polar surface area (TPSA) is 18.5 Å². The third-order valence-corrected chi connectivity index (χ3v) is 13.5. The molecular weight excluding hydrogens is 978 g/mol. The summed E-state index contributed by atoms with van der Waals surface area (Å²) in [6.45, 7) is 5.09. The maximum Gasteiger partial charge on any atom is 0.200 e. The van der Waals surface area contributed by atoms with Crippen LogP contribution in [-0.2, 0) is 9.05 Å². The van der Waals surface area contributed by atoms with Gasteiger partial charge < -0.3 is 9.05 Å². The first-order valence-electron chi connectivity index (χ1n) is 17.9. The molecule has 6 aromatic carbocycles. The van der Waals surface area contributed by atoms with Crippen LogP contribution < -0.4 is 21.2 Å². The molecule has 0 aromatic heterocycles. The summed E-state index contributed by atoms with van der Waals surface area (Å²) in [5.74, 6) is -59.0. The highest BCUT2D eigenvalue weighted by atomic mass is 31.1. The fourth-order valence-corrected chi connectivity index (χ4v) is 10.7. The first kappa shape index (κ1) is 50.1. The van der Waals surface area contributed by atoms with Crippen molar-refractivity contribution in [1.29, 1.82) is 0 Å². The van der Waals surface area contributed by atoms with Crippen molar-refractivity contribution in [2.45, 2.75) is 39.9 Å². The van der Waals surface area contributed by atoms with E-state index >= 15 is 35.1 Å². The van der Waals surface area contributed by atoms with E-state index in [9.17, 15) is 52.7 Å². The molecule has 0 unspecified atom stereocenters. The molecule has 0 aliphatic rings. The number of halogens is 20. The molecular formula is C42H20F20O2P2. The Morgan fingerprint density at radius 2 is 0.409 bits per heavy atom. The van der Waals surface area contributed by atoms with Gasteiger partial charge in [0.1, 0.15) is 28.5 Å². The first-order chi connectivity index (χ1) is 30.7. The van der Waals surface area contributed by atoms with E-state index in [0.29, 0.717) is 0 Å². The van der Waals surface area contributed by atoms with Crippen molar-refractivity contribution in [3.8, 4) is 0 Å². The molecule has 0 fully saturated rings. The summed E-state index contributed by atoms with van der Waals surface area (Å²) in [5.41, 5.74) is -1.04. The summed E-state index contributed by atoms with van der Waals surface area (Å²) < 4.78 is 315. The van der Waals surface area contributed by atoms with Crippen LogP contribution in [0, 0.1) is 144 Å². The molecule has 6 aromatic rings. The maximum absolute atomic E-state index is 15.9. The molecule has 350 valence electrons. The number of hydrogen-bond donors (Lipinski definition) is 0. The third kappa shape index (κ3) is 8.61. The Morgan fingerprint density at radius 1 is 0.258 bits per heavy atom. The van der Waals surface area contributed by atoms with Crippen LogP contribution in [-0.4, -0.2) is 0 Å². The lowest BCUT2D eigenvalue weighted by atomic mass is 9.94. The molecule has 0 spiro atoms. The van der Waals surface area contributed by atoms with Crippen LogP contribution in [0.4, 0.5) is 87.8 Å². The molecule has 0 aliphatic carbocycles. The van der Waals surface area contributed by atoms with Gasteiger partial charge in [-0.25, -0.2) is 87.8 Å². The molecule has 0 saturated carbocycles. The van der Waals surface area contributed by atoms with E-state index in [1.54, 1.807) is 0 Å². The van der Waals surface area contributed by atoms with Crippen LogP contribution in [0.3, 0.4) is 0 Å². The summed E-state index contributed by atoms with van der Waals surface area (Å²) >= 11 is 0. The number of hydrogen-bond acceptors (Lipinski definition) is 2. The maximum atomic E-state index is 15.9. The lowest BCUT2D eigenvalue weighted by Gasteiger charge is -2.35. The van der Waals surface area contributed by atoms with E-state index in [1.807, 2.05) is 0 Å². The predicted octanol–water partition coefficient (Wildman–Crippen LogP) is 12.6. The second kappa shape index (κ2) is 18.8. The average Bonchev–Trinajstić information content (AvgIpc) is 3.26. The van der Waals surface area contributed by atoms with Crippen molar-refractivity contribution in [3.05, 3.63) is 186 Å². The molecule has 0 N–H and O–H groups in total.